The van der Waals surface area contributed by atoms with Gasteiger partial charge in [0.1, 0.15) is 59.7 Å². The van der Waals surface area contributed by atoms with Crippen molar-refractivity contribution in [2.75, 3.05) is 13.2 Å². The third kappa shape index (κ3) is 5.27. The van der Waals surface area contributed by atoms with Crippen LogP contribution in [-0.4, -0.2) is 118 Å². The first-order valence-electron chi connectivity index (χ1n) is 8.49. The van der Waals surface area contributed by atoms with Crippen molar-refractivity contribution in [1.29, 1.82) is 0 Å². The predicted molar refractivity (Wildman–Crippen MR) is 96.8 cm³/mol. The van der Waals surface area contributed by atoms with E-state index in [-0.39, 0.29) is 0 Å². The Morgan fingerprint density at radius 3 is 1.26 bits per heavy atom. The fourth-order valence-electron chi connectivity index (χ4n) is 2.92. The Labute approximate surface area is 165 Å². The molecule has 2 fully saturated rings. The van der Waals surface area contributed by atoms with E-state index in [1.165, 1.54) is 0 Å². The van der Waals surface area contributed by atoms with Gasteiger partial charge >= 0.3 is 0 Å². The number of hydrogen-bond donors (Lipinski definition) is 8. The molecule has 2 heterocycles. The van der Waals surface area contributed by atoms with E-state index in [4.69, 9.17) is 9.47 Å². The van der Waals surface area contributed by atoms with Gasteiger partial charge in [-0.2, -0.15) is 0 Å². The molecule has 160 valence electrons. The van der Waals surface area contributed by atoms with E-state index in [1.807, 2.05) is 0 Å². The van der Waals surface area contributed by atoms with Crippen molar-refractivity contribution in [2.45, 2.75) is 77.6 Å². The summed E-state index contributed by atoms with van der Waals surface area (Å²) in [6, 6.07) is 0. The Kier molecular flexibility index (Phi) is 8.22. The smallest absolute Gasteiger partial charge is 0.133 e. The number of hydrogen-bond acceptors (Lipinski definition) is 12. The van der Waals surface area contributed by atoms with Crippen molar-refractivity contribution >= 4 is 23.5 Å². The summed E-state index contributed by atoms with van der Waals surface area (Å²) in [5.41, 5.74) is -1.96. The maximum Gasteiger partial charge on any atom is 0.133 e. The Morgan fingerprint density at radius 1 is 0.630 bits per heavy atom. The minimum Gasteiger partial charge on any atom is -0.394 e. The molecule has 2 unspecified atom stereocenters. The average molecular weight is 433 g/mol. The summed E-state index contributed by atoms with van der Waals surface area (Å²) in [5.74, 6) is 0. The Balaban J connectivity index is 2.05. The zero-order valence-corrected chi connectivity index (χ0v) is 16.5. The summed E-state index contributed by atoms with van der Waals surface area (Å²) in [6.45, 7) is 2.38. The van der Waals surface area contributed by atoms with E-state index in [0.717, 1.165) is 23.5 Å². The van der Waals surface area contributed by atoms with Gasteiger partial charge in [0.05, 0.1) is 17.3 Å². The minimum atomic E-state index is -1.50. The van der Waals surface area contributed by atoms with Crippen LogP contribution in [0, 0.1) is 0 Å². The summed E-state index contributed by atoms with van der Waals surface area (Å²) in [7, 11) is 0. The Hall–Kier alpha value is 0.300. The molecule has 0 spiro atoms. The molecule has 27 heavy (non-hydrogen) atoms. The van der Waals surface area contributed by atoms with Crippen LogP contribution in [0.25, 0.3) is 0 Å². The number of aliphatic hydroxyl groups is 8. The minimum absolute atomic E-state index is 0.539. The topological polar surface area (TPSA) is 180 Å². The van der Waals surface area contributed by atoms with Gasteiger partial charge in [-0.25, -0.2) is 0 Å². The van der Waals surface area contributed by atoms with Crippen molar-refractivity contribution < 1.29 is 50.3 Å². The number of aliphatic hydroxyl groups excluding tert-OH is 8. The molecule has 2 aliphatic rings. The lowest BCUT2D eigenvalue weighted by atomic mass is 10.0. The van der Waals surface area contributed by atoms with Gasteiger partial charge in [-0.3, -0.25) is 0 Å². The van der Waals surface area contributed by atoms with Gasteiger partial charge < -0.3 is 50.3 Å². The van der Waals surface area contributed by atoms with Crippen LogP contribution >= 0.6 is 23.5 Å². The summed E-state index contributed by atoms with van der Waals surface area (Å²) in [5, 5.41) is 78.3. The molecule has 0 bridgehead atoms. The van der Waals surface area contributed by atoms with E-state index in [2.05, 4.69) is 0 Å². The summed E-state index contributed by atoms with van der Waals surface area (Å²) in [6.07, 6.45) is -10.8. The van der Waals surface area contributed by atoms with Gasteiger partial charge in [0, 0.05) is 0 Å². The van der Waals surface area contributed by atoms with Crippen LogP contribution in [0.3, 0.4) is 0 Å². The summed E-state index contributed by atoms with van der Waals surface area (Å²) >= 11 is 2.15. The third-order valence-corrected chi connectivity index (χ3v) is 7.45. The molecule has 12 heteroatoms. The fourth-order valence-corrected chi connectivity index (χ4v) is 5.82. The number of rotatable bonds is 6. The van der Waals surface area contributed by atoms with Crippen LogP contribution in [0.15, 0.2) is 0 Å². The van der Waals surface area contributed by atoms with E-state index in [0.29, 0.717) is 0 Å². The van der Waals surface area contributed by atoms with Crippen molar-refractivity contribution in [3.05, 3.63) is 0 Å². The SMILES string of the molecule is CC(C)(SC1O[C@@H](CO)[C@@H](O)[C@@H](O)[C@@H]1O)SC1O[C@@H](CO)[C@@H](O)[C@@H](O)[C@@H]1O. The lowest BCUT2D eigenvalue weighted by Crippen LogP contribution is -2.59. The van der Waals surface area contributed by atoms with Gasteiger partial charge in [0.2, 0.25) is 0 Å². The molecule has 0 aromatic rings. The molecule has 0 aromatic carbocycles. The third-order valence-electron chi connectivity index (χ3n) is 4.50. The maximum atomic E-state index is 10.2. The highest BCUT2D eigenvalue weighted by Crippen LogP contribution is 2.46. The van der Waals surface area contributed by atoms with E-state index in [9.17, 15) is 40.9 Å². The Morgan fingerprint density at radius 2 is 0.963 bits per heavy atom. The highest BCUT2D eigenvalue weighted by Gasteiger charge is 2.48. The van der Waals surface area contributed by atoms with Crippen LogP contribution in [0.1, 0.15) is 13.8 Å². The van der Waals surface area contributed by atoms with Gasteiger partial charge in [0.25, 0.3) is 0 Å². The molecule has 0 radical (unpaired) electrons. The first kappa shape index (κ1) is 23.6. The first-order chi connectivity index (χ1) is 12.5. The summed E-state index contributed by atoms with van der Waals surface area (Å²) in [4.78, 5) is 0. The number of thioether (sulfide) groups is 2. The molecule has 0 amide bonds. The lowest BCUT2D eigenvalue weighted by Gasteiger charge is -2.44. The van der Waals surface area contributed by atoms with E-state index in [1.54, 1.807) is 13.8 Å². The molecule has 2 saturated heterocycles. The summed E-state index contributed by atoms with van der Waals surface area (Å²) < 4.78 is 10.1. The predicted octanol–water partition coefficient (Wildman–Crippen LogP) is -3.21. The molecular weight excluding hydrogens is 404 g/mol. The normalized spacial score (nSPS) is 46.4. The average Bonchev–Trinajstić information content (AvgIpc) is 2.62. The van der Waals surface area contributed by atoms with E-state index >= 15 is 0 Å². The first-order valence-corrected chi connectivity index (χ1v) is 10.2. The van der Waals surface area contributed by atoms with Gasteiger partial charge in [0.15, 0.2) is 0 Å². The van der Waals surface area contributed by atoms with Crippen LogP contribution in [0.4, 0.5) is 0 Å². The largest absolute Gasteiger partial charge is 0.394 e. The zero-order chi connectivity index (χ0) is 20.5. The fraction of sp³-hybridized carbons (Fsp3) is 1.00. The quantitative estimate of drug-likeness (QED) is 0.197. The van der Waals surface area contributed by atoms with Crippen molar-refractivity contribution in [2.24, 2.45) is 0 Å². The van der Waals surface area contributed by atoms with Crippen LogP contribution < -0.4 is 0 Å². The molecule has 10 atom stereocenters. The molecular formula is C15H28O10S2. The standard InChI is InChI=1S/C15H28O10S2/c1-15(2,26-13-11(22)9(20)7(18)5(3-16)24-13)27-14-12(23)10(21)8(19)6(4-17)25-14/h5-14,16-23H,3-4H2,1-2H3/t5-,6-,7+,8+,9+,10+,11-,12-,13?,14?/m0/s1. The monoisotopic (exact) mass is 432 g/mol. The van der Waals surface area contributed by atoms with Crippen molar-refractivity contribution in [3.8, 4) is 0 Å². The van der Waals surface area contributed by atoms with E-state index < -0.39 is 77.0 Å². The molecule has 10 nitrogen and oxygen atoms in total. The van der Waals surface area contributed by atoms with Gasteiger partial charge in [-0.05, 0) is 13.8 Å². The molecule has 0 saturated carbocycles. The molecule has 0 aliphatic carbocycles. The molecule has 8 N–H and O–H groups in total. The van der Waals surface area contributed by atoms with Crippen molar-refractivity contribution in [3.63, 3.8) is 0 Å². The molecule has 0 aromatic heterocycles. The number of ether oxygens (including phenoxy) is 2. The highest BCUT2D eigenvalue weighted by molar-refractivity contribution is 8.18. The maximum absolute atomic E-state index is 10.2. The molecule has 2 rings (SSSR count). The second-order valence-corrected chi connectivity index (χ2v) is 10.7. The van der Waals surface area contributed by atoms with Gasteiger partial charge in [-0.15, -0.1) is 23.5 Å². The van der Waals surface area contributed by atoms with Crippen LogP contribution in [-0.2, 0) is 9.47 Å². The second kappa shape index (κ2) is 9.41. The van der Waals surface area contributed by atoms with Crippen LogP contribution in [0.2, 0.25) is 0 Å². The second-order valence-electron chi connectivity index (χ2n) is 7.03. The Bertz CT molecular complexity index is 440. The zero-order valence-electron chi connectivity index (χ0n) is 14.9. The molecule has 2 aliphatic heterocycles. The van der Waals surface area contributed by atoms with Gasteiger partial charge in [-0.1, -0.05) is 0 Å². The van der Waals surface area contributed by atoms with Crippen LogP contribution in [0.5, 0.6) is 0 Å². The van der Waals surface area contributed by atoms with Crippen molar-refractivity contribution in [1.82, 2.24) is 0 Å². The highest BCUT2D eigenvalue weighted by atomic mass is 32.2. The lowest BCUT2D eigenvalue weighted by molar-refractivity contribution is -0.206.